The number of benzene rings is 5. The van der Waals surface area contributed by atoms with Crippen LogP contribution in [0.3, 0.4) is 0 Å². The average Bonchev–Trinajstić information content (AvgIpc) is 1.68. The van der Waals surface area contributed by atoms with Gasteiger partial charge in [0.25, 0.3) is 0 Å². The number of aryl methyl sites for hydroxylation is 1. The third-order valence-corrected chi connectivity index (χ3v) is 21.9. The second-order valence-electron chi connectivity index (χ2n) is 28.8. The number of phenols is 1. The normalized spacial score (nSPS) is 19.7. The van der Waals surface area contributed by atoms with Crippen LogP contribution in [0.4, 0.5) is 25.8 Å². The summed E-state index contributed by atoms with van der Waals surface area (Å²) in [6.07, 6.45) is 14.4. The van der Waals surface area contributed by atoms with E-state index in [1.54, 1.807) is 53.1 Å². The Kier molecular flexibility index (Phi) is 24.8. The molecule has 4 aromatic carbocycles. The SMILES string of the molecule is CC(C)(C)C1CC(=O)N(c2ccc(-c3c4cc(F)c(=O)cc-4oc4cc(O)c(F)cc34)cc2)C1=O.CCN1C(=CC=CC=CC=CC2=[N+](CCCS(=O)(=O)[O-])c3ccc(S(=O)(=O)[O-])cc3C2(C)CCCC(=O)NCCN2C(=O)CC(C(C)(C)C)C2=O)C(C)(CCCS(=O)(=O)[O-])c2cc(C)ccc21.O=C=O. The third-order valence-electron chi connectivity index (χ3n) is 19.5. The Morgan fingerprint density at radius 1 is 0.724 bits per heavy atom. The minimum atomic E-state index is -4.89. The number of allylic oxidation sites excluding steroid dienone is 8. The highest BCUT2D eigenvalue weighted by atomic mass is 32.2. The maximum absolute atomic E-state index is 14.3. The molecule has 24 nitrogen and oxygen atoms in total. The lowest BCUT2D eigenvalue weighted by Crippen LogP contribution is -2.39. The summed E-state index contributed by atoms with van der Waals surface area (Å²) in [5.41, 5.74) is 4.04. The van der Waals surface area contributed by atoms with Gasteiger partial charge in [-0.2, -0.15) is 14.2 Å². The summed E-state index contributed by atoms with van der Waals surface area (Å²) in [6.45, 7) is 20.1. The Morgan fingerprint density at radius 3 is 1.94 bits per heavy atom. The molecule has 2 saturated heterocycles. The first-order valence-electron chi connectivity index (χ1n) is 33.9. The second-order valence-corrected chi connectivity index (χ2v) is 33.3. The van der Waals surface area contributed by atoms with Crippen LogP contribution in [-0.2, 0) is 74.7 Å². The lowest BCUT2D eigenvalue weighted by molar-refractivity contribution is -0.437. The first-order chi connectivity index (χ1) is 49.0. The Labute approximate surface area is 608 Å². The summed E-state index contributed by atoms with van der Waals surface area (Å²) in [7, 11) is -13.8. The number of rotatable bonds is 23. The first-order valence-corrected chi connectivity index (χ1v) is 38.4. The number of nitrogens with zero attached hydrogens (tertiary/aromatic N) is 4. The number of fused-ring (bicyclic) bond motifs is 4. The Hall–Kier alpha value is -9.48. The quantitative estimate of drug-likeness (QED) is 0.0198. The van der Waals surface area contributed by atoms with Gasteiger partial charge in [0.1, 0.15) is 28.0 Å². The number of anilines is 2. The van der Waals surface area contributed by atoms with Crippen LogP contribution in [0.2, 0.25) is 0 Å². The predicted octanol–water partition coefficient (Wildman–Crippen LogP) is 10.5. The van der Waals surface area contributed by atoms with Gasteiger partial charge in [-0.1, -0.05) is 102 Å². The number of likely N-dealkylation sites (N-methyl/N-ethyl adjacent to an activating group) is 1. The van der Waals surface area contributed by atoms with Crippen LogP contribution >= 0.6 is 0 Å². The lowest BCUT2D eigenvalue weighted by atomic mass is 9.75. The second kappa shape index (κ2) is 32.1. The molecule has 0 spiro atoms. The summed E-state index contributed by atoms with van der Waals surface area (Å²) in [4.78, 5) is 96.4. The van der Waals surface area contributed by atoms with E-state index in [0.29, 0.717) is 46.7 Å². The third kappa shape index (κ3) is 18.6. The van der Waals surface area contributed by atoms with E-state index in [1.165, 1.54) is 23.1 Å². The lowest BCUT2D eigenvalue weighted by Gasteiger charge is -2.30. The van der Waals surface area contributed by atoms with Crippen LogP contribution in [0, 0.1) is 41.2 Å². The fourth-order valence-electron chi connectivity index (χ4n) is 14.1. The standard InChI is InChI=1S/C48H64N4O12S3.C27H21F2NO5.CO2/c1-8-50-39-22-20-34(2)31-36(39)48(7,25-15-29-65(56,57)58)41(50)17-12-10-9-11-13-18-42-47(6,24-14-19-43(53)49-26-28-52-44(54)33-38(45(52)55)46(3,4)5)37-32-35(67(62,63)64)21-23-40(37)51(42)27-16-30-66(59,60)61;1-27(2,3)17-10-24(33)30(26(17)34)14-6-4-13(5-7-14)25-15-8-18(28)20(31)11-22(15)35-23-12-21(32)19(29)9-16(23)25;2-1-3/h9-13,17-18,20-23,31-32,38H,8,14-16,19,24-30,33H2,1-7H3,(H3-,49,53,56,57,58,59,60,61,62,63,64);4-9,11-12,17,31H,10H2,1-3H3;/p-2. The number of halogens is 2. The van der Waals surface area contributed by atoms with Gasteiger partial charge in [-0.05, 0) is 124 Å². The van der Waals surface area contributed by atoms with E-state index in [0.717, 1.165) is 51.7 Å². The molecule has 105 heavy (non-hydrogen) atoms. The molecule has 5 heterocycles. The van der Waals surface area contributed by atoms with Gasteiger partial charge < -0.3 is 33.4 Å². The van der Waals surface area contributed by atoms with Crippen molar-refractivity contribution >= 4 is 99.8 Å². The maximum atomic E-state index is 14.3. The van der Waals surface area contributed by atoms with E-state index in [9.17, 15) is 81.6 Å². The first kappa shape index (κ1) is 81.2. The van der Waals surface area contributed by atoms with Gasteiger partial charge in [0.2, 0.25) is 40.7 Å². The fourth-order valence-corrected chi connectivity index (χ4v) is 15.6. The van der Waals surface area contributed by atoms with Gasteiger partial charge >= 0.3 is 6.15 Å². The van der Waals surface area contributed by atoms with Gasteiger partial charge in [0.15, 0.2) is 23.1 Å². The summed E-state index contributed by atoms with van der Waals surface area (Å²) in [5, 5.41) is 12.8. The molecule has 0 bridgehead atoms. The van der Waals surface area contributed by atoms with Gasteiger partial charge in [-0.25, -0.2) is 34.0 Å². The molecule has 5 amide bonds. The van der Waals surface area contributed by atoms with Crippen molar-refractivity contribution in [3.63, 3.8) is 0 Å². The van der Waals surface area contributed by atoms with Crippen molar-refractivity contribution in [2.24, 2.45) is 22.7 Å². The van der Waals surface area contributed by atoms with Crippen molar-refractivity contribution in [2.75, 3.05) is 47.5 Å². The highest BCUT2D eigenvalue weighted by Crippen LogP contribution is 2.52. The van der Waals surface area contributed by atoms with E-state index < -0.39 is 92.2 Å². The molecule has 1 aliphatic carbocycles. The van der Waals surface area contributed by atoms with Gasteiger partial charge in [-0.3, -0.25) is 38.6 Å². The molecular formula is C76H83F2N5O19S3-2. The van der Waals surface area contributed by atoms with Crippen molar-refractivity contribution in [1.29, 1.82) is 0 Å². The minimum absolute atomic E-state index is 0.0273. The molecule has 4 unspecified atom stereocenters. The molecular weight excluding hydrogens is 1420 g/mol. The van der Waals surface area contributed by atoms with E-state index in [1.807, 2.05) is 99.6 Å². The summed E-state index contributed by atoms with van der Waals surface area (Å²) >= 11 is 0. The summed E-state index contributed by atoms with van der Waals surface area (Å²) < 4.78 is 142. The molecule has 560 valence electrons. The number of phenolic OH excluding ortho intramolecular Hbond substituents is 1. The zero-order valence-electron chi connectivity index (χ0n) is 59.7. The number of aromatic hydroxyl groups is 1. The molecule has 0 radical (unpaired) electrons. The Morgan fingerprint density at radius 2 is 1.33 bits per heavy atom. The van der Waals surface area contributed by atoms with Crippen LogP contribution < -0.4 is 20.5 Å². The summed E-state index contributed by atoms with van der Waals surface area (Å²) in [6, 6.07) is 20.7. The molecule has 10 rings (SSSR count). The van der Waals surface area contributed by atoms with Crippen LogP contribution in [-0.4, -0.2) is 133 Å². The number of nitrogens with one attached hydrogen (secondary N) is 1. The maximum Gasteiger partial charge on any atom is 0.373 e. The molecule has 29 heteroatoms. The predicted molar refractivity (Wildman–Crippen MR) is 384 cm³/mol. The van der Waals surface area contributed by atoms with Crippen molar-refractivity contribution in [2.45, 2.75) is 136 Å². The number of carbonyl (C=O) groups is 5. The van der Waals surface area contributed by atoms with Crippen LogP contribution in [0.25, 0.3) is 33.4 Å². The number of carbonyl (C=O) groups excluding carboxylic acids is 7. The number of amides is 5. The van der Waals surface area contributed by atoms with Crippen LogP contribution in [0.5, 0.6) is 5.75 Å². The fraction of sp³-hybridized carbons (Fsp3) is 0.395. The molecule has 0 saturated carbocycles. The van der Waals surface area contributed by atoms with Crippen LogP contribution in [0.15, 0.2) is 147 Å². The van der Waals surface area contributed by atoms with E-state index in [2.05, 4.69) is 16.3 Å². The summed E-state index contributed by atoms with van der Waals surface area (Å²) in [5.74, 6) is -5.90. The number of hydrogen-bond donors (Lipinski definition) is 2. The van der Waals surface area contributed by atoms with E-state index in [-0.39, 0.29) is 133 Å². The number of imide groups is 2. The Bertz CT molecular complexity index is 5010. The van der Waals surface area contributed by atoms with E-state index in [4.69, 9.17) is 14.0 Å². The molecule has 6 aliphatic rings. The van der Waals surface area contributed by atoms with Gasteiger partial charge in [0.05, 0.1) is 48.1 Å². The molecule has 0 aromatic heterocycles. The highest BCUT2D eigenvalue weighted by Gasteiger charge is 2.49. The van der Waals surface area contributed by atoms with Gasteiger partial charge in [0, 0.05) is 120 Å². The zero-order chi connectivity index (χ0) is 77.7. The largest absolute Gasteiger partial charge is 0.748 e. The number of hydrogen-bond acceptors (Lipinski definition) is 20. The topological polar surface area (TPSA) is 366 Å². The average molecular weight is 1500 g/mol. The van der Waals surface area contributed by atoms with E-state index >= 15 is 0 Å². The van der Waals surface area contributed by atoms with Gasteiger partial charge in [-0.15, -0.1) is 0 Å². The molecule has 5 aliphatic heterocycles. The molecule has 4 aromatic rings. The monoisotopic (exact) mass is 1500 g/mol. The zero-order valence-corrected chi connectivity index (χ0v) is 62.2. The molecule has 4 atom stereocenters. The number of likely N-dealkylation sites (tertiary alicyclic amines) is 1. The highest BCUT2D eigenvalue weighted by molar-refractivity contribution is 7.86. The smallest absolute Gasteiger partial charge is 0.373 e. The van der Waals surface area contributed by atoms with Crippen molar-refractivity contribution < 1.29 is 95.4 Å². The Balaban J connectivity index is 0.000000304. The van der Waals surface area contributed by atoms with Crippen LogP contribution in [0.1, 0.15) is 130 Å². The molecule has 2 N–H and O–H groups in total. The molecule has 2 fully saturated rings. The minimum Gasteiger partial charge on any atom is -0.748 e. The van der Waals surface area contributed by atoms with Crippen molar-refractivity contribution in [3.8, 4) is 28.2 Å². The van der Waals surface area contributed by atoms with Crippen molar-refractivity contribution in [3.05, 3.63) is 172 Å². The van der Waals surface area contributed by atoms with Crippen molar-refractivity contribution in [1.82, 2.24) is 10.2 Å².